The smallest absolute Gasteiger partial charge is 0.229 e. The molecule has 0 saturated carbocycles. The third-order valence-electron chi connectivity index (χ3n) is 3.05. The fourth-order valence-electron chi connectivity index (χ4n) is 1.95. The van der Waals surface area contributed by atoms with E-state index < -0.39 is 11.6 Å². The molecule has 0 bridgehead atoms. The maximum absolute atomic E-state index is 13.7. The molecule has 0 aliphatic heterocycles. The Labute approximate surface area is 146 Å². The van der Waals surface area contributed by atoms with Crippen LogP contribution in [0.4, 0.5) is 31.9 Å². The fraction of sp³-hybridized carbons (Fsp3) is 0. The van der Waals surface area contributed by atoms with E-state index in [2.05, 4.69) is 20.6 Å². The van der Waals surface area contributed by atoms with Gasteiger partial charge in [-0.1, -0.05) is 29.3 Å². The first kappa shape index (κ1) is 16.4. The van der Waals surface area contributed by atoms with E-state index in [4.69, 9.17) is 23.2 Å². The number of nitrogens with zero attached hydrogens (tertiary/aromatic N) is 2. The number of rotatable bonds is 4. The van der Waals surface area contributed by atoms with Gasteiger partial charge in [-0.3, -0.25) is 0 Å². The van der Waals surface area contributed by atoms with Gasteiger partial charge >= 0.3 is 0 Å². The molecule has 0 atom stereocenters. The minimum Gasteiger partial charge on any atom is -0.338 e. The number of hydrogen-bond donors (Lipinski definition) is 2. The number of anilines is 4. The number of hydrogen-bond acceptors (Lipinski definition) is 4. The Kier molecular flexibility index (Phi) is 4.78. The molecule has 24 heavy (non-hydrogen) atoms. The molecule has 0 aliphatic rings. The van der Waals surface area contributed by atoms with Gasteiger partial charge in [0.2, 0.25) is 5.95 Å². The van der Waals surface area contributed by atoms with E-state index in [-0.39, 0.29) is 11.6 Å². The van der Waals surface area contributed by atoms with Gasteiger partial charge in [-0.05, 0) is 30.3 Å². The van der Waals surface area contributed by atoms with Gasteiger partial charge in [0.1, 0.15) is 17.5 Å². The minimum absolute atomic E-state index is 0.0943. The zero-order valence-electron chi connectivity index (χ0n) is 12.0. The normalized spacial score (nSPS) is 10.5. The summed E-state index contributed by atoms with van der Waals surface area (Å²) in [6, 6.07) is 9.82. The van der Waals surface area contributed by atoms with Crippen molar-refractivity contribution in [3.05, 3.63) is 70.3 Å². The molecule has 8 heteroatoms. The molecule has 0 radical (unpaired) electrons. The van der Waals surface area contributed by atoms with Crippen molar-refractivity contribution in [2.45, 2.75) is 0 Å². The Hall–Kier alpha value is -2.44. The molecule has 3 rings (SSSR count). The van der Waals surface area contributed by atoms with Gasteiger partial charge in [0.15, 0.2) is 0 Å². The average molecular weight is 367 g/mol. The van der Waals surface area contributed by atoms with E-state index in [1.165, 1.54) is 12.3 Å². The maximum atomic E-state index is 13.7. The zero-order chi connectivity index (χ0) is 17.1. The van der Waals surface area contributed by atoms with Crippen molar-refractivity contribution in [3.63, 3.8) is 0 Å². The summed E-state index contributed by atoms with van der Waals surface area (Å²) in [5.74, 6) is -0.840. The summed E-state index contributed by atoms with van der Waals surface area (Å²) in [5, 5.41) is 6.49. The number of aromatic nitrogens is 2. The predicted molar refractivity (Wildman–Crippen MR) is 91.4 cm³/mol. The summed E-state index contributed by atoms with van der Waals surface area (Å²) in [6.07, 6.45) is 1.48. The number of benzene rings is 2. The molecular formula is C16H10Cl2F2N4. The molecule has 0 aliphatic carbocycles. The van der Waals surface area contributed by atoms with Crippen LogP contribution in [0.25, 0.3) is 0 Å². The molecule has 0 amide bonds. The minimum atomic E-state index is -0.725. The van der Waals surface area contributed by atoms with Crippen LogP contribution in [-0.2, 0) is 0 Å². The van der Waals surface area contributed by atoms with Crippen molar-refractivity contribution < 1.29 is 8.78 Å². The van der Waals surface area contributed by atoms with Crippen LogP contribution in [0.5, 0.6) is 0 Å². The molecule has 2 aromatic carbocycles. The second-order valence-corrected chi connectivity index (χ2v) is 5.55. The molecule has 0 saturated heterocycles. The van der Waals surface area contributed by atoms with E-state index in [1.54, 1.807) is 24.3 Å². The zero-order valence-corrected chi connectivity index (χ0v) is 13.5. The summed E-state index contributed by atoms with van der Waals surface area (Å²) >= 11 is 12.2. The van der Waals surface area contributed by atoms with Crippen molar-refractivity contribution in [2.24, 2.45) is 0 Å². The van der Waals surface area contributed by atoms with Crippen molar-refractivity contribution in [2.75, 3.05) is 10.6 Å². The van der Waals surface area contributed by atoms with Crippen LogP contribution in [0.2, 0.25) is 10.0 Å². The lowest BCUT2D eigenvalue weighted by atomic mass is 10.3. The van der Waals surface area contributed by atoms with Gasteiger partial charge < -0.3 is 10.6 Å². The van der Waals surface area contributed by atoms with Crippen molar-refractivity contribution >= 4 is 46.3 Å². The third kappa shape index (κ3) is 3.72. The topological polar surface area (TPSA) is 49.8 Å². The quantitative estimate of drug-likeness (QED) is 0.635. The molecule has 0 fully saturated rings. The van der Waals surface area contributed by atoms with E-state index in [0.717, 1.165) is 12.1 Å². The van der Waals surface area contributed by atoms with Gasteiger partial charge in [0.25, 0.3) is 0 Å². The Morgan fingerprint density at radius 1 is 0.917 bits per heavy atom. The molecule has 0 unspecified atom stereocenters. The van der Waals surface area contributed by atoms with Crippen LogP contribution in [0, 0.1) is 11.6 Å². The van der Waals surface area contributed by atoms with Crippen molar-refractivity contribution in [3.8, 4) is 0 Å². The molecule has 122 valence electrons. The van der Waals surface area contributed by atoms with Gasteiger partial charge in [-0.25, -0.2) is 13.8 Å². The lowest BCUT2D eigenvalue weighted by molar-refractivity contribution is 0.586. The highest BCUT2D eigenvalue weighted by atomic mass is 35.5. The highest BCUT2D eigenvalue weighted by molar-refractivity contribution is 6.39. The second kappa shape index (κ2) is 6.98. The molecule has 1 heterocycles. The summed E-state index contributed by atoms with van der Waals surface area (Å²) in [7, 11) is 0. The van der Waals surface area contributed by atoms with Crippen molar-refractivity contribution in [1.29, 1.82) is 0 Å². The van der Waals surface area contributed by atoms with Crippen molar-refractivity contribution in [1.82, 2.24) is 9.97 Å². The predicted octanol–water partition coefficient (Wildman–Crippen LogP) is 5.55. The number of halogens is 4. The third-order valence-corrected chi connectivity index (χ3v) is 3.68. The van der Waals surface area contributed by atoms with E-state index >= 15 is 0 Å². The molecule has 0 spiro atoms. The van der Waals surface area contributed by atoms with E-state index in [0.29, 0.717) is 21.6 Å². The summed E-state index contributed by atoms with van der Waals surface area (Å²) in [4.78, 5) is 8.26. The van der Waals surface area contributed by atoms with E-state index in [9.17, 15) is 8.78 Å². The van der Waals surface area contributed by atoms with Crippen LogP contribution in [0.3, 0.4) is 0 Å². The molecular weight excluding hydrogens is 357 g/mol. The summed E-state index contributed by atoms with van der Waals surface area (Å²) in [5.41, 5.74) is 0.558. The first-order chi connectivity index (χ1) is 11.5. The van der Waals surface area contributed by atoms with Gasteiger partial charge in [-0.2, -0.15) is 4.98 Å². The van der Waals surface area contributed by atoms with Gasteiger partial charge in [-0.15, -0.1) is 0 Å². The SMILES string of the molecule is Fc1ccc(Nc2ccnc(Nc3c(Cl)cccc3Cl)n2)c(F)c1. The largest absolute Gasteiger partial charge is 0.338 e. The van der Waals surface area contributed by atoms with E-state index in [1.807, 2.05) is 0 Å². The number of nitrogens with one attached hydrogen (secondary N) is 2. The summed E-state index contributed by atoms with van der Waals surface area (Å²) in [6.45, 7) is 0. The molecule has 3 aromatic rings. The highest BCUT2D eigenvalue weighted by Crippen LogP contribution is 2.31. The maximum Gasteiger partial charge on any atom is 0.229 e. The molecule has 1 aromatic heterocycles. The van der Waals surface area contributed by atoms with Crippen LogP contribution >= 0.6 is 23.2 Å². The molecule has 4 nitrogen and oxygen atoms in total. The van der Waals surface area contributed by atoms with Crippen LogP contribution in [0.15, 0.2) is 48.7 Å². The first-order valence-corrected chi connectivity index (χ1v) is 7.54. The average Bonchev–Trinajstić information content (AvgIpc) is 2.54. The number of para-hydroxylation sites is 1. The molecule has 2 N–H and O–H groups in total. The first-order valence-electron chi connectivity index (χ1n) is 6.79. The Morgan fingerprint density at radius 2 is 1.67 bits per heavy atom. The van der Waals surface area contributed by atoms with Crippen LogP contribution in [-0.4, -0.2) is 9.97 Å². The monoisotopic (exact) mass is 366 g/mol. The summed E-state index contributed by atoms with van der Waals surface area (Å²) < 4.78 is 26.6. The van der Waals surface area contributed by atoms with Gasteiger partial charge in [0, 0.05) is 12.3 Å². The fourth-order valence-corrected chi connectivity index (χ4v) is 2.44. The Bertz CT molecular complexity index is 869. The lowest BCUT2D eigenvalue weighted by Gasteiger charge is -2.11. The highest BCUT2D eigenvalue weighted by Gasteiger charge is 2.09. The Morgan fingerprint density at radius 3 is 2.38 bits per heavy atom. The second-order valence-electron chi connectivity index (χ2n) is 4.74. The standard InChI is InChI=1S/C16H10Cl2F2N4/c17-10-2-1-3-11(18)15(10)24-16-21-7-6-14(23-16)22-13-5-4-9(19)8-12(13)20/h1-8H,(H2,21,22,23,24). The van der Waals surface area contributed by atoms with Crippen LogP contribution < -0.4 is 10.6 Å². The van der Waals surface area contributed by atoms with Gasteiger partial charge in [0.05, 0.1) is 21.4 Å². The lowest BCUT2D eigenvalue weighted by Crippen LogP contribution is -2.02. The van der Waals surface area contributed by atoms with Crippen LogP contribution in [0.1, 0.15) is 0 Å². The Balaban J connectivity index is 1.84.